The van der Waals surface area contributed by atoms with Crippen LogP contribution in [0.25, 0.3) is 11.0 Å². The first-order valence-corrected chi connectivity index (χ1v) is 9.90. The molecule has 3 amide bonds. The zero-order valence-corrected chi connectivity index (χ0v) is 17.1. The lowest BCUT2D eigenvalue weighted by atomic mass is 9.87. The van der Waals surface area contributed by atoms with E-state index < -0.39 is 29.3 Å². The Balaban J connectivity index is 1.52. The number of piperidine rings is 1. The highest BCUT2D eigenvalue weighted by molar-refractivity contribution is 6.04. The van der Waals surface area contributed by atoms with Gasteiger partial charge in [0.1, 0.15) is 11.4 Å². The van der Waals surface area contributed by atoms with Crippen molar-refractivity contribution in [1.82, 2.24) is 10.6 Å². The van der Waals surface area contributed by atoms with Crippen LogP contribution in [0.2, 0.25) is 0 Å². The number of fused-ring (bicyclic) bond motifs is 1. The van der Waals surface area contributed by atoms with Gasteiger partial charge in [-0.2, -0.15) is 0 Å². The Kier molecular flexibility index (Phi) is 4.91. The predicted octanol–water partition coefficient (Wildman–Crippen LogP) is 2.81. The van der Waals surface area contributed by atoms with E-state index in [1.165, 1.54) is 12.3 Å². The maximum Gasteiger partial charge on any atom is 0.407 e. The maximum atomic E-state index is 15.1. The molecule has 2 aliphatic heterocycles. The van der Waals surface area contributed by atoms with Crippen molar-refractivity contribution in [1.29, 1.82) is 0 Å². The zero-order chi connectivity index (χ0) is 21.6. The molecule has 0 radical (unpaired) electrons. The van der Waals surface area contributed by atoms with E-state index >= 15 is 4.39 Å². The fraction of sp³-hybridized carbons (Fsp3) is 0.476. The van der Waals surface area contributed by atoms with Crippen LogP contribution in [0.4, 0.5) is 14.9 Å². The number of rotatable bonds is 3. The van der Waals surface area contributed by atoms with Crippen LogP contribution in [0.1, 0.15) is 45.1 Å². The van der Waals surface area contributed by atoms with Crippen LogP contribution in [-0.4, -0.2) is 42.6 Å². The molecule has 0 unspecified atom stereocenters. The van der Waals surface area contributed by atoms with Crippen molar-refractivity contribution in [2.75, 3.05) is 18.0 Å². The van der Waals surface area contributed by atoms with Gasteiger partial charge in [-0.15, -0.1) is 0 Å². The van der Waals surface area contributed by atoms with E-state index in [9.17, 15) is 14.4 Å². The van der Waals surface area contributed by atoms with Crippen molar-refractivity contribution in [3.05, 3.63) is 29.8 Å². The average Bonchev–Trinajstić information content (AvgIpc) is 3.06. The molecule has 2 aliphatic rings. The van der Waals surface area contributed by atoms with Gasteiger partial charge in [0.25, 0.3) is 0 Å². The lowest BCUT2D eigenvalue weighted by Gasteiger charge is -2.41. The highest BCUT2D eigenvalue weighted by Gasteiger charge is 2.36. The normalized spacial score (nSPS) is 20.1. The summed E-state index contributed by atoms with van der Waals surface area (Å²) in [6, 6.07) is 2.87. The molecule has 30 heavy (non-hydrogen) atoms. The van der Waals surface area contributed by atoms with Gasteiger partial charge in [0.15, 0.2) is 5.58 Å². The van der Waals surface area contributed by atoms with Crippen molar-refractivity contribution in [3.63, 3.8) is 0 Å². The molecule has 160 valence electrons. The van der Waals surface area contributed by atoms with Gasteiger partial charge >= 0.3 is 6.09 Å². The summed E-state index contributed by atoms with van der Waals surface area (Å²) >= 11 is 0. The van der Waals surface area contributed by atoms with Gasteiger partial charge in [-0.05, 0) is 33.3 Å². The Morgan fingerprint density at radius 3 is 2.73 bits per heavy atom. The first-order chi connectivity index (χ1) is 14.1. The van der Waals surface area contributed by atoms with Crippen LogP contribution < -0.4 is 15.5 Å². The lowest BCUT2D eigenvalue weighted by molar-refractivity contribution is -0.134. The summed E-state index contributed by atoms with van der Waals surface area (Å²) < 4.78 is 26.0. The second kappa shape index (κ2) is 7.30. The third kappa shape index (κ3) is 3.83. The second-order valence-corrected chi connectivity index (χ2v) is 8.71. The van der Waals surface area contributed by atoms with Gasteiger partial charge in [0.05, 0.1) is 23.9 Å². The average molecular weight is 417 g/mol. The van der Waals surface area contributed by atoms with E-state index in [1.807, 2.05) is 4.90 Å². The van der Waals surface area contributed by atoms with Crippen LogP contribution in [0.15, 0.2) is 22.8 Å². The predicted molar refractivity (Wildman–Crippen MR) is 107 cm³/mol. The molecular weight excluding hydrogens is 393 g/mol. The van der Waals surface area contributed by atoms with Crippen LogP contribution >= 0.6 is 0 Å². The summed E-state index contributed by atoms with van der Waals surface area (Å²) in [7, 11) is 0. The van der Waals surface area contributed by atoms with E-state index in [4.69, 9.17) is 9.15 Å². The van der Waals surface area contributed by atoms with Crippen molar-refractivity contribution in [2.24, 2.45) is 0 Å². The molecule has 3 heterocycles. The topological polar surface area (TPSA) is 101 Å². The number of ether oxygens (including phenoxy) is 1. The van der Waals surface area contributed by atoms with Crippen LogP contribution in [0.5, 0.6) is 0 Å². The molecule has 2 aromatic rings. The zero-order valence-electron chi connectivity index (χ0n) is 17.1. The second-order valence-electron chi connectivity index (χ2n) is 8.71. The lowest BCUT2D eigenvalue weighted by Crippen LogP contribution is -2.60. The number of anilines is 1. The minimum Gasteiger partial charge on any atom is -0.462 e. The molecule has 1 atom stereocenters. The van der Waals surface area contributed by atoms with Crippen molar-refractivity contribution >= 4 is 34.6 Å². The number of amides is 3. The van der Waals surface area contributed by atoms with Crippen molar-refractivity contribution in [2.45, 2.75) is 51.2 Å². The summed E-state index contributed by atoms with van der Waals surface area (Å²) in [6.07, 6.45) is 1.39. The number of halogens is 1. The molecule has 8 nitrogen and oxygen atoms in total. The molecule has 0 spiro atoms. The molecular formula is C21H24FN3O5. The maximum absolute atomic E-state index is 15.1. The first kappa shape index (κ1) is 20.2. The summed E-state index contributed by atoms with van der Waals surface area (Å²) in [6.45, 7) is 6.33. The van der Waals surface area contributed by atoms with Gasteiger partial charge < -0.3 is 19.4 Å². The Labute approximate surface area is 172 Å². The number of imide groups is 1. The number of nitrogens with zero attached hydrogens (tertiary/aromatic N) is 1. The summed E-state index contributed by atoms with van der Waals surface area (Å²) in [5.41, 5.74) is 0.706. The molecule has 2 saturated heterocycles. The fourth-order valence-corrected chi connectivity index (χ4v) is 3.91. The minimum absolute atomic E-state index is 0.122. The quantitative estimate of drug-likeness (QED) is 0.745. The summed E-state index contributed by atoms with van der Waals surface area (Å²) in [5, 5.41) is 5.58. The number of furan rings is 1. The molecule has 1 aromatic carbocycles. The molecule has 4 rings (SSSR count). The summed E-state index contributed by atoms with van der Waals surface area (Å²) in [5.74, 6) is -2.10. The monoisotopic (exact) mass is 417 g/mol. The highest BCUT2D eigenvalue weighted by atomic mass is 19.1. The van der Waals surface area contributed by atoms with E-state index in [0.29, 0.717) is 29.7 Å². The number of carbonyl (C=O) groups excluding carboxylic acids is 3. The van der Waals surface area contributed by atoms with Crippen LogP contribution in [-0.2, 0) is 14.3 Å². The van der Waals surface area contributed by atoms with E-state index in [0.717, 1.165) is 0 Å². The van der Waals surface area contributed by atoms with Gasteiger partial charge in [0, 0.05) is 36.5 Å². The minimum atomic E-state index is -0.741. The third-order valence-corrected chi connectivity index (χ3v) is 5.24. The number of benzene rings is 1. The summed E-state index contributed by atoms with van der Waals surface area (Å²) in [4.78, 5) is 37.5. The number of alkyl carbamates (subject to hydrolysis) is 1. The molecule has 2 fully saturated rings. The molecule has 9 heteroatoms. The smallest absolute Gasteiger partial charge is 0.407 e. The van der Waals surface area contributed by atoms with Gasteiger partial charge in [-0.3, -0.25) is 14.9 Å². The molecule has 2 N–H and O–H groups in total. The van der Waals surface area contributed by atoms with E-state index in [2.05, 4.69) is 10.6 Å². The highest BCUT2D eigenvalue weighted by Crippen LogP contribution is 2.39. The van der Waals surface area contributed by atoms with E-state index in [1.54, 1.807) is 26.8 Å². The largest absolute Gasteiger partial charge is 0.462 e. The number of hydrogen-bond donors (Lipinski definition) is 2. The Morgan fingerprint density at radius 1 is 1.33 bits per heavy atom. The number of carbonyl (C=O) groups is 3. The molecule has 0 aliphatic carbocycles. The van der Waals surface area contributed by atoms with Crippen LogP contribution in [0.3, 0.4) is 0 Å². The SMILES string of the molecule is CC(C)(C)OC(=O)NC1CN(c2cc(F)c([C@H]3CCC(=O)NC3=O)c3ccoc23)C1. The van der Waals surface area contributed by atoms with Gasteiger partial charge in [-0.25, -0.2) is 9.18 Å². The van der Waals surface area contributed by atoms with Gasteiger partial charge in [-0.1, -0.05) is 0 Å². The Morgan fingerprint density at radius 2 is 2.07 bits per heavy atom. The van der Waals surface area contributed by atoms with Crippen molar-refractivity contribution in [3.8, 4) is 0 Å². The van der Waals surface area contributed by atoms with Gasteiger partial charge in [0.2, 0.25) is 11.8 Å². The van der Waals surface area contributed by atoms with Crippen molar-refractivity contribution < 1.29 is 27.9 Å². The van der Waals surface area contributed by atoms with Crippen LogP contribution in [0, 0.1) is 5.82 Å². The Hall–Kier alpha value is -3.10. The molecule has 0 bridgehead atoms. The first-order valence-electron chi connectivity index (χ1n) is 9.90. The molecule has 0 saturated carbocycles. The fourth-order valence-electron chi connectivity index (χ4n) is 3.91. The molecule has 1 aromatic heterocycles. The number of nitrogens with one attached hydrogen (secondary N) is 2. The number of hydrogen-bond acceptors (Lipinski definition) is 6. The standard InChI is InChI=1S/C21H24FN3O5/c1-21(2,3)30-20(28)23-11-9-25(10-11)15-8-14(22)17(12-6-7-29-18(12)15)13-4-5-16(26)24-19(13)27/h6-8,11,13H,4-5,9-10H2,1-3H3,(H,23,28)(H,24,26,27)/t13-/m1/s1. The van der Waals surface area contributed by atoms with E-state index in [-0.39, 0.29) is 30.4 Å². The third-order valence-electron chi connectivity index (χ3n) is 5.24. The Bertz CT molecular complexity index is 1020.